The molecule has 1 aliphatic carbocycles. The Morgan fingerprint density at radius 1 is 0.930 bits per heavy atom. The van der Waals surface area contributed by atoms with E-state index in [0.717, 1.165) is 31.4 Å². The minimum atomic E-state index is -6.33. The summed E-state index contributed by atoms with van der Waals surface area (Å²) >= 11 is 0. The van der Waals surface area contributed by atoms with Crippen LogP contribution >= 0.6 is 0 Å². The molecule has 2 aromatic carbocycles. The summed E-state index contributed by atoms with van der Waals surface area (Å²) in [7, 11) is -4.45. The Morgan fingerprint density at radius 3 is 2.05 bits per heavy atom. The second kappa shape index (κ2) is 11.4. The van der Waals surface area contributed by atoms with E-state index in [4.69, 9.17) is 0 Å². The zero-order valence-corrected chi connectivity index (χ0v) is 24.5. The Bertz CT molecular complexity index is 1410. The van der Waals surface area contributed by atoms with E-state index >= 15 is 0 Å². The minimum absolute atomic E-state index is 0.00216. The topological polar surface area (TPSA) is 74.7 Å². The fourth-order valence-corrected chi connectivity index (χ4v) is 8.37. The van der Waals surface area contributed by atoms with Crippen LogP contribution in [-0.4, -0.2) is 55.4 Å². The molecule has 2 aliphatic rings. The normalized spacial score (nSPS) is 21.3. The van der Waals surface area contributed by atoms with Crippen LogP contribution in [0.15, 0.2) is 53.4 Å². The highest BCUT2D eigenvalue weighted by molar-refractivity contribution is 7.92. The first kappa shape index (κ1) is 33.2. The number of hydrogen-bond donors (Lipinski definition) is 1. The first-order chi connectivity index (χ1) is 19.7. The lowest BCUT2D eigenvalue weighted by Crippen LogP contribution is -2.50. The molecule has 0 radical (unpaired) electrons. The van der Waals surface area contributed by atoms with Crippen LogP contribution in [0, 0.1) is 5.92 Å². The third kappa shape index (κ3) is 6.16. The predicted octanol–water partition coefficient (Wildman–Crippen LogP) is 6.77. The molecule has 238 valence electrons. The van der Waals surface area contributed by atoms with Gasteiger partial charge in [0.05, 0.1) is 10.5 Å². The number of rotatable bonds is 7. The molecule has 0 bridgehead atoms. The Balaban J connectivity index is 1.82. The van der Waals surface area contributed by atoms with Crippen LogP contribution in [0.3, 0.4) is 0 Å². The highest BCUT2D eigenvalue weighted by Gasteiger charge is 2.73. The summed E-state index contributed by atoms with van der Waals surface area (Å²) in [6, 6.07) is 7.91. The van der Waals surface area contributed by atoms with Crippen LogP contribution in [0.2, 0.25) is 0 Å². The van der Waals surface area contributed by atoms with Gasteiger partial charge in [0, 0.05) is 31.0 Å². The average Bonchev–Trinajstić information content (AvgIpc) is 3.38. The number of sulfone groups is 1. The van der Waals surface area contributed by atoms with Crippen molar-refractivity contribution in [2.24, 2.45) is 5.92 Å². The second-order valence-corrected chi connectivity index (χ2v) is 14.5. The van der Waals surface area contributed by atoms with Crippen LogP contribution in [0.5, 0.6) is 0 Å². The first-order valence-corrected chi connectivity index (χ1v) is 15.5. The smallest absolute Gasteiger partial charge is 0.390 e. The Labute approximate surface area is 246 Å². The van der Waals surface area contributed by atoms with E-state index in [2.05, 4.69) is 0 Å². The lowest BCUT2D eigenvalue weighted by atomic mass is 9.88. The van der Waals surface area contributed by atoms with Crippen molar-refractivity contribution in [2.75, 3.05) is 13.1 Å². The van der Waals surface area contributed by atoms with Crippen molar-refractivity contribution in [3.8, 4) is 0 Å². The number of likely N-dealkylation sites (tertiary alicyclic amines) is 1. The maximum Gasteiger partial charge on any atom is 0.435 e. The van der Waals surface area contributed by atoms with Crippen LogP contribution in [0.25, 0.3) is 0 Å². The van der Waals surface area contributed by atoms with Crippen LogP contribution in [0.4, 0.5) is 30.7 Å². The molecule has 2 fully saturated rings. The SMILES string of the molecule is CC(C)(O)Cc1cccc(S(=O)(=O)C2(c3ccc(C(F)(C(F)(F)F)C(F)(F)F)cc3)CCN(C(=O)C3CCCCC3)C2)c1. The summed E-state index contributed by atoms with van der Waals surface area (Å²) < 4.78 is 122. The number of carbonyl (C=O) groups is 1. The monoisotopic (exact) mass is 637 g/mol. The van der Waals surface area contributed by atoms with E-state index in [-0.39, 0.29) is 48.2 Å². The number of amides is 1. The first-order valence-electron chi connectivity index (χ1n) is 14.0. The van der Waals surface area contributed by atoms with E-state index < -0.39 is 43.8 Å². The van der Waals surface area contributed by atoms with Crippen molar-refractivity contribution in [3.63, 3.8) is 0 Å². The molecule has 1 atom stereocenters. The lowest BCUT2D eigenvalue weighted by Gasteiger charge is -2.33. The van der Waals surface area contributed by atoms with Gasteiger partial charge >= 0.3 is 18.0 Å². The van der Waals surface area contributed by atoms with Crippen molar-refractivity contribution in [1.82, 2.24) is 4.90 Å². The van der Waals surface area contributed by atoms with Crippen LogP contribution < -0.4 is 0 Å². The molecule has 1 aliphatic heterocycles. The molecule has 43 heavy (non-hydrogen) atoms. The molecule has 1 heterocycles. The number of aliphatic hydroxyl groups is 1. The van der Waals surface area contributed by atoms with Gasteiger partial charge in [-0.25, -0.2) is 12.8 Å². The molecule has 1 saturated heterocycles. The summed E-state index contributed by atoms with van der Waals surface area (Å²) in [4.78, 5) is 14.6. The molecular weight excluding hydrogens is 603 g/mol. The number of carbonyl (C=O) groups excluding carboxylic acids is 1. The molecule has 0 spiro atoms. The van der Waals surface area contributed by atoms with E-state index in [9.17, 15) is 49.1 Å². The Kier molecular flexibility index (Phi) is 8.78. The molecular formula is C30H34F7NO4S. The van der Waals surface area contributed by atoms with Crippen molar-refractivity contribution < 1.29 is 49.1 Å². The maximum atomic E-state index is 14.8. The summed E-state index contributed by atoms with van der Waals surface area (Å²) in [5, 5.41) is 10.2. The van der Waals surface area contributed by atoms with Crippen molar-refractivity contribution in [1.29, 1.82) is 0 Å². The fourth-order valence-electron chi connectivity index (χ4n) is 6.23. The number of hydrogen-bond acceptors (Lipinski definition) is 4. The van der Waals surface area contributed by atoms with E-state index in [1.807, 2.05) is 0 Å². The summed E-state index contributed by atoms with van der Waals surface area (Å²) in [6.07, 6.45) is -8.81. The zero-order valence-electron chi connectivity index (χ0n) is 23.7. The standard InChI is InChI=1S/C30H34F7NO4S/c1-26(2,40)18-20-7-6-10-24(17-20)43(41,42)27(15-16-38(19-27)25(39)21-8-4-3-5-9-21)22-11-13-23(14-12-22)28(31,29(32,33)34)30(35,36)37/h6-7,10-14,17,21,40H,3-5,8-9,15-16,18-19H2,1-2H3. The molecule has 0 aromatic heterocycles. The molecule has 5 nitrogen and oxygen atoms in total. The largest absolute Gasteiger partial charge is 0.435 e. The zero-order chi connectivity index (χ0) is 32.1. The van der Waals surface area contributed by atoms with Crippen LogP contribution in [-0.2, 0) is 31.5 Å². The lowest BCUT2D eigenvalue weighted by molar-refractivity contribution is -0.348. The molecule has 1 saturated carbocycles. The number of benzene rings is 2. The molecule has 2 aromatic rings. The highest BCUT2D eigenvalue weighted by atomic mass is 32.2. The van der Waals surface area contributed by atoms with Gasteiger partial charge in [0.2, 0.25) is 5.91 Å². The molecule has 1 N–H and O–H groups in total. The van der Waals surface area contributed by atoms with Gasteiger partial charge in [0.15, 0.2) is 9.84 Å². The fraction of sp³-hybridized carbons (Fsp3) is 0.567. The second-order valence-electron chi connectivity index (χ2n) is 12.2. The van der Waals surface area contributed by atoms with E-state index in [1.54, 1.807) is 6.07 Å². The maximum absolute atomic E-state index is 14.8. The molecule has 4 rings (SSSR count). The molecule has 1 unspecified atom stereocenters. The number of alkyl halides is 7. The third-order valence-corrected chi connectivity index (χ3v) is 10.9. The van der Waals surface area contributed by atoms with Gasteiger partial charge in [0.25, 0.3) is 0 Å². The van der Waals surface area contributed by atoms with Gasteiger partial charge < -0.3 is 10.0 Å². The van der Waals surface area contributed by atoms with Gasteiger partial charge in [-0.2, -0.15) is 26.3 Å². The molecule has 13 heteroatoms. The van der Waals surface area contributed by atoms with E-state index in [1.165, 1.54) is 36.9 Å². The Hall–Kier alpha value is -2.67. The van der Waals surface area contributed by atoms with Crippen molar-refractivity contribution >= 4 is 15.7 Å². The van der Waals surface area contributed by atoms with E-state index in [0.29, 0.717) is 30.5 Å². The summed E-state index contributed by atoms with van der Waals surface area (Å²) in [5.41, 5.74) is -8.26. The summed E-state index contributed by atoms with van der Waals surface area (Å²) in [5.74, 6) is -0.559. The quantitative estimate of drug-likeness (QED) is 0.340. The van der Waals surface area contributed by atoms with Crippen molar-refractivity contribution in [3.05, 3.63) is 65.2 Å². The van der Waals surface area contributed by atoms with Gasteiger partial charge in [0.1, 0.15) is 4.75 Å². The number of halogens is 7. The van der Waals surface area contributed by atoms with Gasteiger partial charge in [-0.1, -0.05) is 55.7 Å². The molecule has 1 amide bonds. The number of nitrogens with zero attached hydrogens (tertiary/aromatic N) is 1. The van der Waals surface area contributed by atoms with Gasteiger partial charge in [-0.3, -0.25) is 4.79 Å². The third-order valence-electron chi connectivity index (χ3n) is 8.45. The summed E-state index contributed by atoms with van der Waals surface area (Å²) in [6.45, 7) is 2.70. The average molecular weight is 638 g/mol. The highest BCUT2D eigenvalue weighted by Crippen LogP contribution is 2.54. The minimum Gasteiger partial charge on any atom is -0.390 e. The Morgan fingerprint density at radius 2 is 1.51 bits per heavy atom. The van der Waals surface area contributed by atoms with Crippen molar-refractivity contribution in [2.45, 2.75) is 92.1 Å². The van der Waals surface area contributed by atoms with Gasteiger partial charge in [-0.05, 0) is 56.4 Å². The van der Waals surface area contributed by atoms with Crippen LogP contribution in [0.1, 0.15) is 69.1 Å². The van der Waals surface area contributed by atoms with Gasteiger partial charge in [-0.15, -0.1) is 0 Å². The predicted molar refractivity (Wildman–Crippen MR) is 144 cm³/mol.